The average molecular weight is 204 g/mol. The van der Waals surface area contributed by atoms with Crippen molar-refractivity contribution in [2.24, 2.45) is 0 Å². The van der Waals surface area contributed by atoms with Crippen LogP contribution in [0, 0.1) is 0 Å². The van der Waals surface area contributed by atoms with E-state index < -0.39 is 6.10 Å². The first-order chi connectivity index (χ1) is 5.66. The van der Waals surface area contributed by atoms with Crippen LogP contribution in [0.25, 0.3) is 0 Å². The summed E-state index contributed by atoms with van der Waals surface area (Å²) in [4.78, 5) is 3.75. The van der Waals surface area contributed by atoms with Crippen LogP contribution < -0.4 is 0 Å². The van der Waals surface area contributed by atoms with Crippen LogP contribution in [0.1, 0.15) is 11.7 Å². The van der Waals surface area contributed by atoms with Gasteiger partial charge in [0.25, 0.3) is 0 Å². The Kier molecular flexibility index (Phi) is 3.09. The molecule has 0 aliphatic carbocycles. The Morgan fingerprint density at radius 2 is 1.92 bits per heavy atom. The Balaban J connectivity index is 3.20. The minimum atomic E-state index is -0.840. The van der Waals surface area contributed by atoms with Gasteiger partial charge in [0.1, 0.15) is 0 Å². The highest BCUT2D eigenvalue weighted by Crippen LogP contribution is 2.29. The van der Waals surface area contributed by atoms with Crippen LogP contribution in [0.15, 0.2) is 25.0 Å². The summed E-state index contributed by atoms with van der Waals surface area (Å²) in [6.07, 6.45) is 3.37. The van der Waals surface area contributed by atoms with E-state index in [0.29, 0.717) is 15.6 Å². The third kappa shape index (κ3) is 1.78. The SMILES string of the molecule is C=CC(O)c1c(Cl)cncc1Cl. The molecule has 0 bridgehead atoms. The van der Waals surface area contributed by atoms with Gasteiger partial charge >= 0.3 is 0 Å². The normalized spacial score (nSPS) is 12.6. The van der Waals surface area contributed by atoms with Gasteiger partial charge in [0.15, 0.2) is 0 Å². The van der Waals surface area contributed by atoms with Crippen LogP contribution in [0.3, 0.4) is 0 Å². The van der Waals surface area contributed by atoms with Gasteiger partial charge < -0.3 is 5.11 Å². The summed E-state index contributed by atoms with van der Waals surface area (Å²) in [5, 5.41) is 10.1. The average Bonchev–Trinajstić information content (AvgIpc) is 2.03. The van der Waals surface area contributed by atoms with E-state index in [4.69, 9.17) is 23.2 Å². The van der Waals surface area contributed by atoms with Crippen molar-refractivity contribution in [1.82, 2.24) is 4.98 Å². The summed E-state index contributed by atoms with van der Waals surface area (Å²) in [6.45, 7) is 3.43. The highest BCUT2D eigenvalue weighted by Gasteiger charge is 2.11. The highest BCUT2D eigenvalue weighted by atomic mass is 35.5. The van der Waals surface area contributed by atoms with E-state index in [-0.39, 0.29) is 0 Å². The van der Waals surface area contributed by atoms with E-state index >= 15 is 0 Å². The van der Waals surface area contributed by atoms with Crippen LogP contribution in [0.2, 0.25) is 10.0 Å². The molecular formula is C8H7Cl2NO. The van der Waals surface area contributed by atoms with Gasteiger partial charge in [-0.05, 0) is 0 Å². The quantitative estimate of drug-likeness (QED) is 0.751. The fourth-order valence-corrected chi connectivity index (χ4v) is 1.41. The Morgan fingerprint density at radius 1 is 1.42 bits per heavy atom. The Morgan fingerprint density at radius 3 is 2.33 bits per heavy atom. The van der Waals surface area contributed by atoms with E-state index in [1.807, 2.05) is 0 Å². The number of hydrogen-bond donors (Lipinski definition) is 1. The Labute approximate surface area is 80.5 Å². The molecule has 2 nitrogen and oxygen atoms in total. The van der Waals surface area contributed by atoms with Crippen LogP contribution in [-0.4, -0.2) is 10.1 Å². The van der Waals surface area contributed by atoms with Gasteiger partial charge in [-0.1, -0.05) is 29.3 Å². The largest absolute Gasteiger partial charge is 0.384 e. The van der Waals surface area contributed by atoms with Crippen molar-refractivity contribution in [3.05, 3.63) is 40.7 Å². The maximum Gasteiger partial charge on any atom is 0.0999 e. The molecule has 64 valence electrons. The van der Waals surface area contributed by atoms with Gasteiger partial charge in [-0.25, -0.2) is 0 Å². The van der Waals surface area contributed by atoms with Crippen molar-refractivity contribution in [3.63, 3.8) is 0 Å². The maximum absolute atomic E-state index is 9.38. The predicted molar refractivity (Wildman–Crippen MR) is 49.4 cm³/mol. The second-order valence-corrected chi connectivity index (χ2v) is 3.01. The van der Waals surface area contributed by atoms with Gasteiger partial charge in [0.2, 0.25) is 0 Å². The van der Waals surface area contributed by atoms with Gasteiger partial charge in [0.05, 0.1) is 16.1 Å². The number of aliphatic hydroxyl groups excluding tert-OH is 1. The molecule has 1 N–H and O–H groups in total. The van der Waals surface area contributed by atoms with Crippen LogP contribution >= 0.6 is 23.2 Å². The summed E-state index contributed by atoms with van der Waals surface area (Å²) in [6, 6.07) is 0. The molecule has 12 heavy (non-hydrogen) atoms. The Hall–Kier alpha value is -0.570. The maximum atomic E-state index is 9.38. The first-order valence-electron chi connectivity index (χ1n) is 3.26. The summed E-state index contributed by atoms with van der Waals surface area (Å²) >= 11 is 11.5. The lowest BCUT2D eigenvalue weighted by molar-refractivity contribution is 0.229. The van der Waals surface area contributed by atoms with Crippen LogP contribution in [0.4, 0.5) is 0 Å². The first-order valence-corrected chi connectivity index (χ1v) is 4.02. The van der Waals surface area contributed by atoms with Crippen molar-refractivity contribution in [2.45, 2.75) is 6.10 Å². The number of hydrogen-bond acceptors (Lipinski definition) is 2. The molecule has 0 saturated heterocycles. The van der Waals surface area contributed by atoms with Crippen molar-refractivity contribution < 1.29 is 5.11 Å². The van der Waals surface area contributed by atoms with E-state index in [9.17, 15) is 5.11 Å². The molecule has 1 aromatic rings. The lowest BCUT2D eigenvalue weighted by atomic mass is 10.1. The molecule has 0 aromatic carbocycles. The molecule has 0 radical (unpaired) electrons. The number of rotatable bonds is 2. The zero-order chi connectivity index (χ0) is 9.14. The lowest BCUT2D eigenvalue weighted by Gasteiger charge is -2.08. The fourth-order valence-electron chi connectivity index (χ4n) is 0.822. The third-order valence-corrected chi connectivity index (χ3v) is 2.01. The molecule has 1 atom stereocenters. The third-order valence-electron chi connectivity index (χ3n) is 1.41. The molecule has 1 rings (SSSR count). The lowest BCUT2D eigenvalue weighted by Crippen LogP contribution is -1.95. The van der Waals surface area contributed by atoms with E-state index in [1.165, 1.54) is 18.5 Å². The topological polar surface area (TPSA) is 33.1 Å². The number of halogens is 2. The van der Waals surface area contributed by atoms with E-state index in [1.54, 1.807) is 0 Å². The molecule has 4 heteroatoms. The molecule has 0 saturated carbocycles. The number of aromatic nitrogens is 1. The highest BCUT2D eigenvalue weighted by molar-refractivity contribution is 6.35. The fraction of sp³-hybridized carbons (Fsp3) is 0.125. The predicted octanol–water partition coefficient (Wildman–Crippen LogP) is 2.61. The second-order valence-electron chi connectivity index (χ2n) is 2.20. The summed E-state index contributed by atoms with van der Waals surface area (Å²) in [5.41, 5.74) is 0.448. The minimum Gasteiger partial charge on any atom is -0.384 e. The summed E-state index contributed by atoms with van der Waals surface area (Å²) < 4.78 is 0. The standard InChI is InChI=1S/C8H7Cl2NO/c1-2-7(12)8-5(9)3-11-4-6(8)10/h2-4,7,12H,1H2. The molecule has 0 amide bonds. The van der Waals surface area contributed by atoms with Gasteiger partial charge in [0, 0.05) is 18.0 Å². The van der Waals surface area contributed by atoms with Gasteiger partial charge in [-0.15, -0.1) is 6.58 Å². The molecule has 1 aromatic heterocycles. The number of pyridine rings is 1. The molecule has 1 heterocycles. The van der Waals surface area contributed by atoms with Crippen molar-refractivity contribution >= 4 is 23.2 Å². The molecule has 0 aliphatic heterocycles. The van der Waals surface area contributed by atoms with Gasteiger partial charge in [-0.3, -0.25) is 4.98 Å². The molecule has 0 fully saturated rings. The summed E-state index contributed by atoms with van der Waals surface area (Å²) in [7, 11) is 0. The Bertz CT molecular complexity index is 281. The molecular weight excluding hydrogens is 197 g/mol. The zero-order valence-electron chi connectivity index (χ0n) is 6.17. The second kappa shape index (κ2) is 3.90. The van der Waals surface area contributed by atoms with Crippen molar-refractivity contribution in [1.29, 1.82) is 0 Å². The van der Waals surface area contributed by atoms with Crippen molar-refractivity contribution in [2.75, 3.05) is 0 Å². The van der Waals surface area contributed by atoms with E-state index in [2.05, 4.69) is 11.6 Å². The molecule has 0 spiro atoms. The smallest absolute Gasteiger partial charge is 0.0999 e. The van der Waals surface area contributed by atoms with Crippen LogP contribution in [-0.2, 0) is 0 Å². The monoisotopic (exact) mass is 203 g/mol. The summed E-state index contributed by atoms with van der Waals surface area (Å²) in [5.74, 6) is 0. The molecule has 0 aliphatic rings. The number of nitrogens with zero attached hydrogens (tertiary/aromatic N) is 1. The van der Waals surface area contributed by atoms with Crippen LogP contribution in [0.5, 0.6) is 0 Å². The van der Waals surface area contributed by atoms with Crippen molar-refractivity contribution in [3.8, 4) is 0 Å². The van der Waals surface area contributed by atoms with E-state index in [0.717, 1.165) is 0 Å². The molecule has 1 unspecified atom stereocenters. The van der Waals surface area contributed by atoms with Gasteiger partial charge in [-0.2, -0.15) is 0 Å². The zero-order valence-corrected chi connectivity index (χ0v) is 7.68. The first kappa shape index (κ1) is 9.52. The number of aliphatic hydroxyl groups is 1. The minimum absolute atomic E-state index is 0.343.